The van der Waals surface area contributed by atoms with Gasteiger partial charge in [-0.2, -0.15) is 0 Å². The first kappa shape index (κ1) is 23.9. The van der Waals surface area contributed by atoms with E-state index in [9.17, 15) is 18.0 Å². The van der Waals surface area contributed by atoms with Crippen molar-refractivity contribution < 1.29 is 18.0 Å². The summed E-state index contributed by atoms with van der Waals surface area (Å²) in [4.78, 5) is 31.2. The molecule has 0 radical (unpaired) electrons. The summed E-state index contributed by atoms with van der Waals surface area (Å²) in [6, 6.07) is 8.37. The number of amides is 2. The van der Waals surface area contributed by atoms with Gasteiger partial charge in [-0.15, -0.1) is 11.3 Å². The molecule has 1 aromatic carbocycles. The second-order valence-corrected chi connectivity index (χ2v) is 11.2. The van der Waals surface area contributed by atoms with E-state index in [4.69, 9.17) is 0 Å². The number of sulfonamides is 1. The Morgan fingerprint density at radius 3 is 2.59 bits per heavy atom. The molecular weight excluding hydrogens is 472 g/mol. The Bertz CT molecular complexity index is 1330. The van der Waals surface area contributed by atoms with E-state index in [1.807, 2.05) is 0 Å². The van der Waals surface area contributed by atoms with Crippen LogP contribution in [0.5, 0.6) is 0 Å². The molecule has 2 aromatic heterocycles. The van der Waals surface area contributed by atoms with Crippen molar-refractivity contribution >= 4 is 49.6 Å². The third-order valence-corrected chi connectivity index (χ3v) is 8.18. The zero-order valence-corrected chi connectivity index (χ0v) is 20.6. The standard InChI is InChI=1S/C24H26N4O4S2/c1-3-34(31,32)28-19-11-10-17(13-15(19)2)26-23(30)21-18-8-4-5-9-20(18)33-24(21)27-22(29)16-7-6-12-25-14-16/h6-7,10-14,28H,3-5,8-9H2,1-2H3,(H,26,30)(H,27,29). The molecule has 0 fully saturated rings. The predicted octanol–water partition coefficient (Wildman–Crippen LogP) is 4.60. The minimum atomic E-state index is -3.40. The van der Waals surface area contributed by atoms with Crippen LogP contribution in [-0.2, 0) is 22.9 Å². The molecule has 4 rings (SSSR count). The van der Waals surface area contributed by atoms with Crippen molar-refractivity contribution in [1.82, 2.24) is 4.98 Å². The van der Waals surface area contributed by atoms with E-state index in [2.05, 4.69) is 20.3 Å². The molecule has 0 unspecified atom stereocenters. The number of pyridine rings is 1. The largest absolute Gasteiger partial charge is 0.322 e. The van der Waals surface area contributed by atoms with Crippen LogP contribution >= 0.6 is 11.3 Å². The average molecular weight is 499 g/mol. The van der Waals surface area contributed by atoms with Gasteiger partial charge in [0.25, 0.3) is 11.8 Å². The Kier molecular flexibility index (Phi) is 6.99. The predicted molar refractivity (Wildman–Crippen MR) is 135 cm³/mol. The number of hydrogen-bond acceptors (Lipinski definition) is 6. The van der Waals surface area contributed by atoms with Gasteiger partial charge < -0.3 is 10.6 Å². The number of benzene rings is 1. The van der Waals surface area contributed by atoms with Gasteiger partial charge in [0.15, 0.2) is 0 Å². The number of carbonyl (C=O) groups is 2. The second kappa shape index (κ2) is 9.94. The van der Waals surface area contributed by atoms with Crippen molar-refractivity contribution in [2.45, 2.75) is 39.5 Å². The fourth-order valence-electron chi connectivity index (χ4n) is 3.86. The first-order valence-electron chi connectivity index (χ1n) is 11.1. The van der Waals surface area contributed by atoms with Crippen molar-refractivity contribution in [1.29, 1.82) is 0 Å². The number of rotatable bonds is 7. The quantitative estimate of drug-likeness (QED) is 0.440. The lowest BCUT2D eigenvalue weighted by atomic mass is 9.95. The molecule has 3 aromatic rings. The Morgan fingerprint density at radius 2 is 1.88 bits per heavy atom. The highest BCUT2D eigenvalue weighted by molar-refractivity contribution is 7.92. The van der Waals surface area contributed by atoms with Crippen molar-refractivity contribution in [3.05, 3.63) is 69.9 Å². The third kappa shape index (κ3) is 5.28. The second-order valence-electron chi connectivity index (χ2n) is 8.10. The normalized spacial score (nSPS) is 13.1. The Morgan fingerprint density at radius 1 is 1.09 bits per heavy atom. The average Bonchev–Trinajstić information content (AvgIpc) is 3.19. The number of nitrogens with one attached hydrogen (secondary N) is 3. The number of anilines is 3. The highest BCUT2D eigenvalue weighted by Crippen LogP contribution is 2.39. The van der Waals surface area contributed by atoms with E-state index in [1.54, 1.807) is 50.4 Å². The van der Waals surface area contributed by atoms with E-state index in [-0.39, 0.29) is 17.6 Å². The van der Waals surface area contributed by atoms with Gasteiger partial charge >= 0.3 is 0 Å². The maximum absolute atomic E-state index is 13.4. The molecule has 0 saturated carbocycles. The van der Waals surface area contributed by atoms with Gasteiger partial charge in [-0.3, -0.25) is 19.3 Å². The molecular formula is C24H26N4O4S2. The molecule has 0 aliphatic heterocycles. The Balaban J connectivity index is 1.60. The third-order valence-electron chi connectivity index (χ3n) is 5.68. The molecule has 3 N–H and O–H groups in total. The molecule has 0 spiro atoms. The number of carbonyl (C=O) groups excluding carboxylic acids is 2. The summed E-state index contributed by atoms with van der Waals surface area (Å²) in [5.74, 6) is -0.645. The van der Waals surface area contributed by atoms with E-state index in [0.29, 0.717) is 33.1 Å². The van der Waals surface area contributed by atoms with Gasteiger partial charge in [0.1, 0.15) is 5.00 Å². The van der Waals surface area contributed by atoms with Crippen LogP contribution in [0.15, 0.2) is 42.7 Å². The van der Waals surface area contributed by atoms with Gasteiger partial charge in [0.05, 0.1) is 22.6 Å². The molecule has 0 bridgehead atoms. The number of aromatic nitrogens is 1. The molecule has 1 aliphatic carbocycles. The molecule has 178 valence electrons. The van der Waals surface area contributed by atoms with Crippen LogP contribution in [0.4, 0.5) is 16.4 Å². The summed E-state index contributed by atoms with van der Waals surface area (Å²) < 4.78 is 26.3. The summed E-state index contributed by atoms with van der Waals surface area (Å²) in [7, 11) is -3.40. The first-order chi connectivity index (χ1) is 16.3. The van der Waals surface area contributed by atoms with Crippen LogP contribution in [0.3, 0.4) is 0 Å². The lowest BCUT2D eigenvalue weighted by Gasteiger charge is -2.14. The Labute approximate surface area is 202 Å². The van der Waals surface area contributed by atoms with Crippen LogP contribution in [0, 0.1) is 6.92 Å². The van der Waals surface area contributed by atoms with Crippen LogP contribution in [-0.4, -0.2) is 31.0 Å². The fourth-order valence-corrected chi connectivity index (χ4v) is 5.85. The van der Waals surface area contributed by atoms with Crippen LogP contribution in [0.2, 0.25) is 0 Å². The lowest BCUT2D eigenvalue weighted by molar-refractivity contribution is 0.102. The highest BCUT2D eigenvalue weighted by Gasteiger charge is 2.27. The maximum atomic E-state index is 13.4. The first-order valence-corrected chi connectivity index (χ1v) is 13.5. The summed E-state index contributed by atoms with van der Waals surface area (Å²) in [5, 5.41) is 6.35. The van der Waals surface area contributed by atoms with Crippen molar-refractivity contribution in [2.75, 3.05) is 21.1 Å². The molecule has 2 amide bonds. The van der Waals surface area contributed by atoms with Crippen LogP contribution in [0.25, 0.3) is 0 Å². The van der Waals surface area contributed by atoms with Gasteiger partial charge in [0.2, 0.25) is 10.0 Å². The minimum Gasteiger partial charge on any atom is -0.322 e. The van der Waals surface area contributed by atoms with Gasteiger partial charge in [-0.05, 0) is 81.0 Å². The van der Waals surface area contributed by atoms with Gasteiger partial charge in [-0.1, -0.05) is 0 Å². The molecule has 0 saturated heterocycles. The SMILES string of the molecule is CCS(=O)(=O)Nc1ccc(NC(=O)c2c(NC(=O)c3cccnc3)sc3c2CCCC3)cc1C. The lowest BCUT2D eigenvalue weighted by Crippen LogP contribution is -2.19. The van der Waals surface area contributed by atoms with Gasteiger partial charge in [-0.25, -0.2) is 8.42 Å². The summed E-state index contributed by atoms with van der Waals surface area (Å²) in [6.07, 6.45) is 6.80. The molecule has 8 nitrogen and oxygen atoms in total. The Hall–Kier alpha value is -3.24. The zero-order valence-electron chi connectivity index (χ0n) is 19.0. The molecule has 34 heavy (non-hydrogen) atoms. The summed E-state index contributed by atoms with van der Waals surface area (Å²) in [6.45, 7) is 3.34. The molecule has 2 heterocycles. The van der Waals surface area contributed by atoms with Gasteiger partial charge in [0, 0.05) is 23.0 Å². The number of nitrogens with zero attached hydrogens (tertiary/aromatic N) is 1. The van der Waals surface area contributed by atoms with E-state index < -0.39 is 10.0 Å². The van der Waals surface area contributed by atoms with Crippen molar-refractivity contribution in [3.63, 3.8) is 0 Å². The zero-order chi connectivity index (χ0) is 24.3. The van der Waals surface area contributed by atoms with Crippen molar-refractivity contribution in [2.24, 2.45) is 0 Å². The topological polar surface area (TPSA) is 117 Å². The van der Waals surface area contributed by atoms with E-state index in [1.165, 1.54) is 17.5 Å². The number of fused-ring (bicyclic) bond motifs is 1. The minimum absolute atomic E-state index is 0.0261. The smallest absolute Gasteiger partial charge is 0.258 e. The summed E-state index contributed by atoms with van der Waals surface area (Å²) in [5.41, 5.74) is 3.59. The van der Waals surface area contributed by atoms with Crippen molar-refractivity contribution in [3.8, 4) is 0 Å². The summed E-state index contributed by atoms with van der Waals surface area (Å²) >= 11 is 1.45. The molecule has 0 atom stereocenters. The monoisotopic (exact) mass is 498 g/mol. The maximum Gasteiger partial charge on any atom is 0.258 e. The highest BCUT2D eigenvalue weighted by atomic mass is 32.2. The molecule has 1 aliphatic rings. The van der Waals surface area contributed by atoms with Crippen LogP contribution < -0.4 is 15.4 Å². The van der Waals surface area contributed by atoms with E-state index in [0.717, 1.165) is 36.1 Å². The molecule has 10 heteroatoms. The number of aryl methyl sites for hydroxylation is 2. The number of hydrogen-bond donors (Lipinski definition) is 3. The number of thiophene rings is 1. The fraction of sp³-hybridized carbons (Fsp3) is 0.292. The van der Waals surface area contributed by atoms with E-state index >= 15 is 0 Å². The van der Waals surface area contributed by atoms with Crippen LogP contribution in [0.1, 0.15) is 56.5 Å².